The van der Waals surface area contributed by atoms with Crippen LogP contribution in [0.25, 0.3) is 0 Å². The number of hydrogen-bond acceptors (Lipinski definition) is 5. The summed E-state index contributed by atoms with van der Waals surface area (Å²) >= 11 is 11.9. The van der Waals surface area contributed by atoms with Crippen LogP contribution in [0, 0.1) is 10.1 Å². The molecule has 0 unspecified atom stereocenters. The fourth-order valence-corrected chi connectivity index (χ4v) is 3.31. The molecule has 0 saturated carbocycles. The molecule has 0 atom stereocenters. The Labute approximate surface area is 172 Å². The Morgan fingerprint density at radius 1 is 1.07 bits per heavy atom. The summed E-state index contributed by atoms with van der Waals surface area (Å²) in [6.45, 7) is 3.43. The van der Waals surface area contributed by atoms with E-state index in [0.717, 1.165) is 19.6 Å². The summed E-state index contributed by atoms with van der Waals surface area (Å²) in [5.41, 5.74) is 1.06. The average Bonchev–Trinajstić information content (AvgIpc) is 2.69. The van der Waals surface area contributed by atoms with E-state index in [1.165, 1.54) is 23.8 Å². The van der Waals surface area contributed by atoms with Gasteiger partial charge >= 0.3 is 0 Å². The van der Waals surface area contributed by atoms with E-state index in [-0.39, 0.29) is 29.0 Å². The van der Waals surface area contributed by atoms with Crippen molar-refractivity contribution in [3.05, 3.63) is 68.2 Å². The topological polar surface area (TPSA) is 75.9 Å². The van der Waals surface area contributed by atoms with Crippen LogP contribution in [-0.2, 0) is 11.3 Å². The number of rotatable bonds is 6. The summed E-state index contributed by atoms with van der Waals surface area (Å²) in [7, 11) is 0. The zero-order valence-corrected chi connectivity index (χ0v) is 16.5. The van der Waals surface area contributed by atoms with Crippen LogP contribution in [0.1, 0.15) is 5.56 Å². The standard InChI is InChI=1S/C19H19Cl2N3O4/c20-15-3-1-14(2-4-15)12-22-7-9-23(10-8-22)19(25)13-28-18-6-5-16(24(26)27)11-17(18)21/h1-6,11H,7-10,12-13H2. The van der Waals surface area contributed by atoms with Gasteiger partial charge < -0.3 is 9.64 Å². The molecule has 1 saturated heterocycles. The quantitative estimate of drug-likeness (QED) is 0.523. The average molecular weight is 424 g/mol. The van der Waals surface area contributed by atoms with Gasteiger partial charge in [-0.15, -0.1) is 0 Å². The van der Waals surface area contributed by atoms with E-state index in [2.05, 4.69) is 4.90 Å². The number of carbonyl (C=O) groups excluding carboxylic acids is 1. The second-order valence-corrected chi connectivity index (χ2v) is 7.29. The maximum absolute atomic E-state index is 12.4. The summed E-state index contributed by atoms with van der Waals surface area (Å²) in [5, 5.41) is 11.6. The van der Waals surface area contributed by atoms with E-state index in [1.54, 1.807) is 4.90 Å². The second kappa shape index (κ2) is 9.23. The lowest BCUT2D eigenvalue weighted by molar-refractivity contribution is -0.384. The van der Waals surface area contributed by atoms with Crippen LogP contribution in [0.2, 0.25) is 10.0 Å². The fourth-order valence-electron chi connectivity index (χ4n) is 2.95. The molecule has 0 radical (unpaired) electrons. The van der Waals surface area contributed by atoms with E-state index in [4.69, 9.17) is 27.9 Å². The largest absolute Gasteiger partial charge is 0.482 e. The number of piperazine rings is 1. The van der Waals surface area contributed by atoms with Crippen molar-refractivity contribution in [2.24, 2.45) is 0 Å². The number of carbonyl (C=O) groups is 1. The third-order valence-electron chi connectivity index (χ3n) is 4.52. The summed E-state index contributed by atoms with van der Waals surface area (Å²) in [5.74, 6) is 0.113. The molecule has 1 amide bonds. The number of benzene rings is 2. The minimum atomic E-state index is -0.537. The van der Waals surface area contributed by atoms with Crippen LogP contribution in [0.3, 0.4) is 0 Å². The van der Waals surface area contributed by atoms with Gasteiger partial charge in [-0.25, -0.2) is 0 Å². The molecule has 2 aromatic carbocycles. The number of non-ortho nitro benzene ring substituents is 1. The molecule has 1 aliphatic heterocycles. The van der Waals surface area contributed by atoms with E-state index in [0.29, 0.717) is 18.1 Å². The molecule has 148 valence electrons. The van der Waals surface area contributed by atoms with Crippen LogP contribution in [0.15, 0.2) is 42.5 Å². The normalized spacial score (nSPS) is 14.7. The minimum absolute atomic E-state index is 0.106. The molecule has 0 spiro atoms. The molecule has 2 aromatic rings. The molecule has 1 aliphatic rings. The van der Waals surface area contributed by atoms with Crippen molar-refractivity contribution in [1.82, 2.24) is 9.80 Å². The number of ether oxygens (including phenoxy) is 1. The SMILES string of the molecule is O=C(COc1ccc([N+](=O)[O-])cc1Cl)N1CCN(Cc2ccc(Cl)cc2)CC1. The van der Waals surface area contributed by atoms with E-state index in [1.807, 2.05) is 24.3 Å². The molecule has 7 nitrogen and oxygen atoms in total. The molecule has 0 N–H and O–H groups in total. The van der Waals surface area contributed by atoms with Crippen molar-refractivity contribution >= 4 is 34.8 Å². The molecule has 1 fully saturated rings. The zero-order valence-electron chi connectivity index (χ0n) is 15.0. The predicted octanol–water partition coefficient (Wildman–Crippen LogP) is 3.62. The summed E-state index contributed by atoms with van der Waals surface area (Å²) in [6.07, 6.45) is 0. The number of nitro groups is 1. The van der Waals surface area contributed by atoms with E-state index < -0.39 is 4.92 Å². The van der Waals surface area contributed by atoms with Crippen LogP contribution in [0.5, 0.6) is 5.75 Å². The van der Waals surface area contributed by atoms with E-state index in [9.17, 15) is 14.9 Å². The lowest BCUT2D eigenvalue weighted by Gasteiger charge is -2.34. The molecule has 0 bridgehead atoms. The Hall–Kier alpha value is -2.35. The van der Waals surface area contributed by atoms with Gasteiger partial charge in [0.05, 0.1) is 9.95 Å². The van der Waals surface area contributed by atoms with Crippen LogP contribution < -0.4 is 4.74 Å². The third kappa shape index (κ3) is 5.34. The van der Waals surface area contributed by atoms with Gasteiger partial charge in [0, 0.05) is 49.9 Å². The van der Waals surface area contributed by atoms with Crippen molar-refractivity contribution in [3.63, 3.8) is 0 Å². The van der Waals surface area contributed by atoms with Gasteiger partial charge in [0.15, 0.2) is 6.61 Å². The highest BCUT2D eigenvalue weighted by Gasteiger charge is 2.22. The van der Waals surface area contributed by atoms with E-state index >= 15 is 0 Å². The molecule has 0 aliphatic carbocycles. The first-order valence-corrected chi connectivity index (χ1v) is 9.49. The number of halogens is 2. The molecular weight excluding hydrogens is 405 g/mol. The van der Waals surface area contributed by atoms with Crippen molar-refractivity contribution in [3.8, 4) is 5.75 Å². The highest BCUT2D eigenvalue weighted by molar-refractivity contribution is 6.32. The summed E-state index contributed by atoms with van der Waals surface area (Å²) in [4.78, 5) is 26.6. The first-order valence-electron chi connectivity index (χ1n) is 8.73. The number of hydrogen-bond donors (Lipinski definition) is 0. The lowest BCUT2D eigenvalue weighted by atomic mass is 10.2. The monoisotopic (exact) mass is 423 g/mol. The van der Waals surface area contributed by atoms with Crippen LogP contribution in [0.4, 0.5) is 5.69 Å². The van der Waals surface area contributed by atoms with Gasteiger partial charge in [-0.3, -0.25) is 19.8 Å². The molecule has 0 aromatic heterocycles. The van der Waals surface area contributed by atoms with Gasteiger partial charge in [0.2, 0.25) is 0 Å². The van der Waals surface area contributed by atoms with Crippen LogP contribution in [-0.4, -0.2) is 53.4 Å². The molecule has 3 rings (SSSR count). The zero-order chi connectivity index (χ0) is 20.1. The first-order chi connectivity index (χ1) is 13.4. The van der Waals surface area contributed by atoms with Gasteiger partial charge in [-0.1, -0.05) is 35.3 Å². The number of nitrogens with zero attached hydrogens (tertiary/aromatic N) is 3. The maximum atomic E-state index is 12.4. The van der Waals surface area contributed by atoms with Gasteiger partial charge in [-0.05, 0) is 23.8 Å². The summed E-state index contributed by atoms with van der Waals surface area (Å²) in [6, 6.07) is 11.6. The fraction of sp³-hybridized carbons (Fsp3) is 0.316. The smallest absolute Gasteiger partial charge is 0.271 e. The highest BCUT2D eigenvalue weighted by Crippen LogP contribution is 2.28. The van der Waals surface area contributed by atoms with Crippen molar-refractivity contribution in [1.29, 1.82) is 0 Å². The van der Waals surface area contributed by atoms with Gasteiger partial charge in [0.1, 0.15) is 5.75 Å². The Morgan fingerprint density at radius 2 is 1.75 bits per heavy atom. The maximum Gasteiger partial charge on any atom is 0.271 e. The molecule has 1 heterocycles. The minimum Gasteiger partial charge on any atom is -0.482 e. The van der Waals surface area contributed by atoms with Gasteiger partial charge in [0.25, 0.3) is 11.6 Å². The Bertz CT molecular complexity index is 853. The number of nitro benzene ring substituents is 1. The summed E-state index contributed by atoms with van der Waals surface area (Å²) < 4.78 is 5.45. The van der Waals surface area contributed by atoms with Gasteiger partial charge in [-0.2, -0.15) is 0 Å². The Balaban J connectivity index is 1.46. The Morgan fingerprint density at radius 3 is 2.36 bits per heavy atom. The van der Waals surface area contributed by atoms with Crippen molar-refractivity contribution in [2.45, 2.75) is 6.54 Å². The molecular formula is C19H19Cl2N3O4. The van der Waals surface area contributed by atoms with Crippen LogP contribution >= 0.6 is 23.2 Å². The lowest BCUT2D eigenvalue weighted by Crippen LogP contribution is -2.49. The molecule has 9 heteroatoms. The highest BCUT2D eigenvalue weighted by atomic mass is 35.5. The van der Waals surface area contributed by atoms with Crippen molar-refractivity contribution in [2.75, 3.05) is 32.8 Å². The van der Waals surface area contributed by atoms with Crippen molar-refractivity contribution < 1.29 is 14.5 Å². The third-order valence-corrected chi connectivity index (χ3v) is 5.07. The Kier molecular flexibility index (Phi) is 6.72. The molecule has 28 heavy (non-hydrogen) atoms. The second-order valence-electron chi connectivity index (χ2n) is 6.44. The number of amides is 1. The first kappa shape index (κ1) is 20.4. The predicted molar refractivity (Wildman–Crippen MR) is 107 cm³/mol.